The molecule has 9 heteroatoms. The molecule has 220 valence electrons. The van der Waals surface area contributed by atoms with Crippen LogP contribution < -0.4 is 0 Å². The number of nitrogens with zero attached hydrogens (tertiary/aromatic N) is 4. The first-order valence-electron chi connectivity index (χ1n) is 13.4. The van der Waals surface area contributed by atoms with Crippen molar-refractivity contribution >= 4 is 6.79 Å². The molecule has 4 aromatic carbocycles. The Morgan fingerprint density at radius 2 is 0.886 bits per heavy atom. The maximum atomic E-state index is 13.7. The highest BCUT2D eigenvalue weighted by Gasteiger charge is 2.09. The summed E-state index contributed by atoms with van der Waals surface area (Å²) in [4.78, 5) is 8.00. The predicted octanol–water partition coefficient (Wildman–Crippen LogP) is 7.84. The zero-order chi connectivity index (χ0) is 31.3. The number of hydrogen-bond donors (Lipinski definition) is 0. The standard InChI is InChI=1S/2C17H12F2N2.CH2O/c2*18-15-7-6-14(16(19)10-15)8-12-9-17(21-20-11-12)13-4-2-1-3-5-13;1-2/h2*1-7,9-11H,8H2;1H2. The van der Waals surface area contributed by atoms with E-state index in [1.54, 1.807) is 12.4 Å². The topological polar surface area (TPSA) is 68.6 Å². The lowest BCUT2D eigenvalue weighted by Crippen LogP contribution is -1.96. The normalized spacial score (nSPS) is 10.2. The van der Waals surface area contributed by atoms with Crippen molar-refractivity contribution in [3.63, 3.8) is 0 Å². The van der Waals surface area contributed by atoms with Gasteiger partial charge in [-0.1, -0.05) is 72.8 Å². The van der Waals surface area contributed by atoms with E-state index in [1.165, 1.54) is 24.3 Å². The summed E-state index contributed by atoms with van der Waals surface area (Å²) in [7, 11) is 0. The number of carbonyl (C=O) groups excluding carboxylic acids is 1. The molecule has 0 saturated carbocycles. The minimum absolute atomic E-state index is 0.349. The van der Waals surface area contributed by atoms with Crippen LogP contribution in [0.15, 0.2) is 122 Å². The Labute approximate surface area is 251 Å². The average Bonchev–Trinajstić information content (AvgIpc) is 3.06. The van der Waals surface area contributed by atoms with E-state index in [0.717, 1.165) is 45.8 Å². The van der Waals surface area contributed by atoms with Crippen molar-refractivity contribution in [1.29, 1.82) is 0 Å². The quantitative estimate of drug-likeness (QED) is 0.184. The van der Waals surface area contributed by atoms with Crippen molar-refractivity contribution in [2.75, 3.05) is 0 Å². The van der Waals surface area contributed by atoms with Crippen LogP contribution in [-0.2, 0) is 17.6 Å². The van der Waals surface area contributed by atoms with Crippen LogP contribution in [0.5, 0.6) is 0 Å². The Kier molecular flexibility index (Phi) is 11.1. The van der Waals surface area contributed by atoms with E-state index in [4.69, 9.17) is 4.79 Å². The molecule has 0 saturated heterocycles. The van der Waals surface area contributed by atoms with Gasteiger partial charge in [0.25, 0.3) is 0 Å². The van der Waals surface area contributed by atoms with E-state index in [9.17, 15) is 17.6 Å². The van der Waals surface area contributed by atoms with Crippen molar-refractivity contribution in [3.8, 4) is 22.5 Å². The van der Waals surface area contributed by atoms with E-state index >= 15 is 0 Å². The molecule has 0 N–H and O–H groups in total. The fraction of sp³-hybridized carbons (Fsp3) is 0.0571. The first kappa shape index (κ1) is 31.4. The van der Waals surface area contributed by atoms with E-state index in [1.807, 2.05) is 79.6 Å². The second kappa shape index (κ2) is 15.6. The molecule has 0 amide bonds. The number of carbonyl (C=O) groups is 1. The van der Waals surface area contributed by atoms with Gasteiger partial charge in [0.2, 0.25) is 0 Å². The van der Waals surface area contributed by atoms with Gasteiger partial charge < -0.3 is 4.79 Å². The van der Waals surface area contributed by atoms with E-state index in [-0.39, 0.29) is 0 Å². The smallest absolute Gasteiger partial charge is 0.129 e. The van der Waals surface area contributed by atoms with Crippen LogP contribution in [0.3, 0.4) is 0 Å². The van der Waals surface area contributed by atoms with Gasteiger partial charge in [0.1, 0.15) is 30.1 Å². The number of hydrogen-bond acceptors (Lipinski definition) is 5. The molecule has 0 atom stereocenters. The van der Waals surface area contributed by atoms with Crippen LogP contribution in [0.2, 0.25) is 0 Å². The fourth-order valence-corrected chi connectivity index (χ4v) is 4.28. The van der Waals surface area contributed by atoms with Crippen LogP contribution in [0.1, 0.15) is 22.3 Å². The van der Waals surface area contributed by atoms with E-state index in [2.05, 4.69) is 20.4 Å². The Morgan fingerprint density at radius 3 is 1.25 bits per heavy atom. The molecule has 2 heterocycles. The zero-order valence-corrected chi connectivity index (χ0v) is 23.4. The van der Waals surface area contributed by atoms with Gasteiger partial charge in [-0.3, -0.25) is 0 Å². The van der Waals surface area contributed by atoms with Crippen molar-refractivity contribution in [3.05, 3.63) is 167 Å². The Bertz CT molecular complexity index is 1670. The summed E-state index contributed by atoms with van der Waals surface area (Å²) in [6, 6.07) is 30.2. The SMILES string of the molecule is C=O.Fc1ccc(Cc2cnnc(-c3ccccc3)c2)c(F)c1.Fc1ccc(Cc2cnnc(-c3ccccc3)c2)c(F)c1. The third kappa shape index (κ3) is 8.72. The summed E-state index contributed by atoms with van der Waals surface area (Å²) in [6.07, 6.45) is 3.88. The molecule has 0 spiro atoms. The van der Waals surface area contributed by atoms with Gasteiger partial charge in [0.15, 0.2) is 0 Å². The summed E-state index contributed by atoms with van der Waals surface area (Å²) in [5.41, 5.74) is 5.89. The van der Waals surface area contributed by atoms with Crippen molar-refractivity contribution in [1.82, 2.24) is 20.4 Å². The maximum absolute atomic E-state index is 13.7. The Balaban J connectivity index is 0.000000190. The third-order valence-corrected chi connectivity index (χ3v) is 6.38. The predicted molar refractivity (Wildman–Crippen MR) is 160 cm³/mol. The van der Waals surface area contributed by atoms with Crippen LogP contribution in [0.4, 0.5) is 17.6 Å². The van der Waals surface area contributed by atoms with Crippen molar-refractivity contribution in [2.45, 2.75) is 12.8 Å². The summed E-state index contributed by atoms with van der Waals surface area (Å²) in [5.74, 6) is -2.25. The lowest BCUT2D eigenvalue weighted by Gasteiger charge is -2.05. The Morgan fingerprint density at radius 1 is 0.500 bits per heavy atom. The molecule has 6 aromatic rings. The molecule has 0 unspecified atom stereocenters. The molecule has 0 radical (unpaired) electrons. The molecule has 0 aliphatic rings. The minimum Gasteiger partial charge on any atom is -0.307 e. The van der Waals surface area contributed by atoms with Gasteiger partial charge in [-0.05, 0) is 46.5 Å². The fourth-order valence-electron chi connectivity index (χ4n) is 4.28. The first-order chi connectivity index (χ1) is 21.4. The summed E-state index contributed by atoms with van der Waals surface area (Å²) >= 11 is 0. The molecule has 44 heavy (non-hydrogen) atoms. The summed E-state index contributed by atoms with van der Waals surface area (Å²) in [5, 5.41) is 16.1. The Hall–Kier alpha value is -5.57. The average molecular weight is 595 g/mol. The molecule has 0 aliphatic heterocycles. The largest absolute Gasteiger partial charge is 0.307 e. The lowest BCUT2D eigenvalue weighted by atomic mass is 10.0. The van der Waals surface area contributed by atoms with Gasteiger partial charge in [-0.15, -0.1) is 0 Å². The second-order valence-corrected chi connectivity index (χ2v) is 9.46. The monoisotopic (exact) mass is 594 g/mol. The van der Waals surface area contributed by atoms with Crippen LogP contribution in [0.25, 0.3) is 22.5 Å². The van der Waals surface area contributed by atoms with Gasteiger partial charge in [-0.25, -0.2) is 17.6 Å². The van der Waals surface area contributed by atoms with Gasteiger partial charge in [-0.2, -0.15) is 20.4 Å². The molecule has 6 rings (SSSR count). The van der Waals surface area contributed by atoms with Crippen LogP contribution in [-0.4, -0.2) is 27.2 Å². The van der Waals surface area contributed by atoms with Crippen molar-refractivity contribution < 1.29 is 22.4 Å². The highest BCUT2D eigenvalue weighted by Crippen LogP contribution is 2.21. The summed E-state index contributed by atoms with van der Waals surface area (Å²) < 4.78 is 53.2. The number of benzene rings is 4. The maximum Gasteiger partial charge on any atom is 0.129 e. The first-order valence-corrected chi connectivity index (χ1v) is 13.4. The molecule has 0 aliphatic carbocycles. The lowest BCUT2D eigenvalue weighted by molar-refractivity contribution is -0.0980. The van der Waals surface area contributed by atoms with Gasteiger partial charge >= 0.3 is 0 Å². The third-order valence-electron chi connectivity index (χ3n) is 6.38. The second-order valence-electron chi connectivity index (χ2n) is 9.46. The van der Waals surface area contributed by atoms with Crippen LogP contribution in [0, 0.1) is 23.3 Å². The molecule has 2 aromatic heterocycles. The highest BCUT2D eigenvalue weighted by molar-refractivity contribution is 5.59. The van der Waals surface area contributed by atoms with Crippen LogP contribution >= 0.6 is 0 Å². The number of halogens is 4. The van der Waals surface area contributed by atoms with E-state index in [0.29, 0.717) is 24.0 Å². The van der Waals surface area contributed by atoms with Crippen molar-refractivity contribution in [2.24, 2.45) is 0 Å². The molecular weight excluding hydrogens is 568 g/mol. The number of aromatic nitrogens is 4. The van der Waals surface area contributed by atoms with E-state index < -0.39 is 23.3 Å². The van der Waals surface area contributed by atoms with Gasteiger partial charge in [0, 0.05) is 36.1 Å². The molecule has 0 bridgehead atoms. The molecule has 0 fully saturated rings. The summed E-state index contributed by atoms with van der Waals surface area (Å²) in [6.45, 7) is 2.00. The molecule has 5 nitrogen and oxygen atoms in total. The minimum atomic E-state index is -0.575. The molecular formula is C35H26F4N4O. The number of rotatable bonds is 6. The highest BCUT2D eigenvalue weighted by atomic mass is 19.1. The van der Waals surface area contributed by atoms with Gasteiger partial charge in [0.05, 0.1) is 23.8 Å². The zero-order valence-electron chi connectivity index (χ0n) is 23.4.